The third-order valence-corrected chi connectivity index (χ3v) is 6.14. The van der Waals surface area contributed by atoms with Gasteiger partial charge in [0, 0.05) is 6.54 Å². The van der Waals surface area contributed by atoms with Crippen molar-refractivity contribution in [1.29, 1.82) is 0 Å². The van der Waals surface area contributed by atoms with E-state index in [1.165, 1.54) is 0 Å². The predicted molar refractivity (Wildman–Crippen MR) is 83.7 cm³/mol. The largest absolute Gasteiger partial charge is 0.497 e. The van der Waals surface area contributed by atoms with E-state index < -0.39 is 10.0 Å². The molecule has 0 atom stereocenters. The smallest absolute Gasteiger partial charge is 0.251 e. The molecule has 0 saturated carbocycles. The van der Waals surface area contributed by atoms with Gasteiger partial charge in [-0.3, -0.25) is 0 Å². The van der Waals surface area contributed by atoms with E-state index in [1.807, 2.05) is 24.3 Å². The van der Waals surface area contributed by atoms with Gasteiger partial charge in [0.2, 0.25) is 0 Å². The van der Waals surface area contributed by atoms with Gasteiger partial charge in [-0.15, -0.1) is 0 Å². The van der Waals surface area contributed by atoms with Crippen LogP contribution in [0, 0.1) is 6.92 Å². The second-order valence-electron chi connectivity index (χ2n) is 4.34. The zero-order chi connectivity index (χ0) is 15.5. The average molecular weight is 347 g/mol. The summed E-state index contributed by atoms with van der Waals surface area (Å²) in [6.07, 6.45) is 0.571. The van der Waals surface area contributed by atoms with Crippen LogP contribution < -0.4 is 9.46 Å². The molecule has 0 amide bonds. The lowest BCUT2D eigenvalue weighted by Gasteiger charge is -2.06. The predicted octanol–water partition coefficient (Wildman–Crippen LogP) is 2.63. The Hall–Kier alpha value is -1.15. The minimum Gasteiger partial charge on any atom is -0.497 e. The number of hydrogen-bond donors (Lipinski definition) is 1. The molecule has 1 aromatic carbocycles. The number of thiazole rings is 1. The van der Waals surface area contributed by atoms with Crippen LogP contribution in [0.15, 0.2) is 28.5 Å². The summed E-state index contributed by atoms with van der Waals surface area (Å²) in [4.78, 5) is 3.91. The first-order valence-corrected chi connectivity index (χ1v) is 8.85. The number of sulfonamides is 1. The van der Waals surface area contributed by atoms with E-state index >= 15 is 0 Å². The molecule has 2 aromatic rings. The second kappa shape index (κ2) is 6.74. The molecule has 0 fully saturated rings. The number of rotatable bonds is 6. The summed E-state index contributed by atoms with van der Waals surface area (Å²) in [5, 5.41) is 0. The fraction of sp³-hybridized carbons (Fsp3) is 0.308. The summed E-state index contributed by atoms with van der Waals surface area (Å²) in [6, 6.07) is 7.51. The fourth-order valence-corrected chi connectivity index (χ4v) is 4.64. The van der Waals surface area contributed by atoms with Crippen molar-refractivity contribution in [2.75, 3.05) is 13.7 Å². The van der Waals surface area contributed by atoms with Crippen LogP contribution in [0.4, 0.5) is 0 Å². The SMILES string of the molecule is COc1cccc(CCNS(=O)(=O)c2sc(Cl)nc2C)c1. The number of benzene rings is 1. The lowest BCUT2D eigenvalue weighted by atomic mass is 10.1. The van der Waals surface area contributed by atoms with Crippen molar-refractivity contribution in [2.24, 2.45) is 0 Å². The van der Waals surface area contributed by atoms with E-state index in [9.17, 15) is 8.42 Å². The maximum Gasteiger partial charge on any atom is 0.251 e. The maximum absolute atomic E-state index is 12.2. The van der Waals surface area contributed by atoms with Crippen LogP contribution in [-0.4, -0.2) is 27.1 Å². The second-order valence-corrected chi connectivity index (χ2v) is 7.88. The van der Waals surface area contributed by atoms with Gasteiger partial charge in [0.25, 0.3) is 10.0 Å². The molecule has 1 aromatic heterocycles. The third-order valence-electron chi connectivity index (χ3n) is 2.81. The number of halogens is 1. The van der Waals surface area contributed by atoms with Crippen LogP contribution in [-0.2, 0) is 16.4 Å². The number of nitrogens with zero attached hydrogens (tertiary/aromatic N) is 1. The normalized spacial score (nSPS) is 11.6. The van der Waals surface area contributed by atoms with Crippen molar-refractivity contribution < 1.29 is 13.2 Å². The first-order chi connectivity index (χ1) is 9.92. The van der Waals surface area contributed by atoms with Crippen LogP contribution in [0.2, 0.25) is 4.47 Å². The Balaban J connectivity index is 2.00. The van der Waals surface area contributed by atoms with Crippen molar-refractivity contribution in [3.8, 4) is 5.75 Å². The molecule has 2 rings (SSSR count). The number of aryl methyl sites for hydroxylation is 1. The zero-order valence-corrected chi connectivity index (χ0v) is 14.0. The Morgan fingerprint density at radius 1 is 1.43 bits per heavy atom. The highest BCUT2D eigenvalue weighted by Crippen LogP contribution is 2.26. The Morgan fingerprint density at radius 2 is 2.19 bits per heavy atom. The molecule has 0 aliphatic carbocycles. The molecule has 0 bridgehead atoms. The monoisotopic (exact) mass is 346 g/mol. The maximum atomic E-state index is 12.2. The highest BCUT2D eigenvalue weighted by molar-refractivity contribution is 7.91. The topological polar surface area (TPSA) is 68.3 Å². The van der Waals surface area contributed by atoms with Crippen molar-refractivity contribution >= 4 is 33.0 Å². The number of methoxy groups -OCH3 is 1. The highest BCUT2D eigenvalue weighted by atomic mass is 35.5. The van der Waals surface area contributed by atoms with Crippen LogP contribution in [0.25, 0.3) is 0 Å². The lowest BCUT2D eigenvalue weighted by Crippen LogP contribution is -2.25. The molecule has 5 nitrogen and oxygen atoms in total. The fourth-order valence-electron chi connectivity index (χ4n) is 1.82. The molecule has 0 spiro atoms. The molecule has 1 N–H and O–H groups in total. The van der Waals surface area contributed by atoms with Gasteiger partial charge in [-0.25, -0.2) is 18.1 Å². The molecule has 0 radical (unpaired) electrons. The quantitative estimate of drug-likeness (QED) is 0.873. The highest BCUT2D eigenvalue weighted by Gasteiger charge is 2.20. The van der Waals surface area contributed by atoms with Gasteiger partial charge in [0.15, 0.2) is 8.68 Å². The molecule has 8 heteroatoms. The number of hydrogen-bond acceptors (Lipinski definition) is 5. The van der Waals surface area contributed by atoms with Gasteiger partial charge in [-0.1, -0.05) is 35.1 Å². The molecule has 0 saturated heterocycles. The van der Waals surface area contributed by atoms with Gasteiger partial charge >= 0.3 is 0 Å². The number of ether oxygens (including phenoxy) is 1. The molecule has 0 aliphatic heterocycles. The first kappa shape index (κ1) is 16.2. The van der Waals surface area contributed by atoms with E-state index in [2.05, 4.69) is 9.71 Å². The Morgan fingerprint density at radius 3 is 2.81 bits per heavy atom. The third kappa shape index (κ3) is 4.16. The van der Waals surface area contributed by atoms with Gasteiger partial charge in [0.1, 0.15) is 5.75 Å². The summed E-state index contributed by atoms with van der Waals surface area (Å²) in [5.74, 6) is 0.750. The van der Waals surface area contributed by atoms with Gasteiger partial charge < -0.3 is 4.74 Å². The molecule has 1 heterocycles. The molecule has 114 valence electrons. The minimum atomic E-state index is -3.57. The van der Waals surface area contributed by atoms with Gasteiger partial charge in [0.05, 0.1) is 12.8 Å². The summed E-state index contributed by atoms with van der Waals surface area (Å²) < 4.78 is 32.4. The summed E-state index contributed by atoms with van der Waals surface area (Å²) in [5.41, 5.74) is 1.41. The lowest BCUT2D eigenvalue weighted by molar-refractivity contribution is 0.414. The van der Waals surface area contributed by atoms with Crippen LogP contribution in [0.5, 0.6) is 5.75 Å². The van der Waals surface area contributed by atoms with Crippen molar-refractivity contribution in [3.05, 3.63) is 40.0 Å². The Bertz CT molecular complexity index is 729. The number of aromatic nitrogens is 1. The van der Waals surface area contributed by atoms with Gasteiger partial charge in [-0.2, -0.15) is 0 Å². The number of nitrogens with one attached hydrogen (secondary N) is 1. The molecular weight excluding hydrogens is 332 g/mol. The summed E-state index contributed by atoms with van der Waals surface area (Å²) in [7, 11) is -1.97. The molecule has 0 unspecified atom stereocenters. The van der Waals surface area contributed by atoms with E-state index in [1.54, 1.807) is 14.0 Å². The first-order valence-electron chi connectivity index (χ1n) is 6.18. The summed E-state index contributed by atoms with van der Waals surface area (Å²) >= 11 is 6.69. The zero-order valence-electron chi connectivity index (χ0n) is 11.6. The molecular formula is C13H15ClN2O3S2. The van der Waals surface area contributed by atoms with E-state index in [4.69, 9.17) is 16.3 Å². The molecule has 0 aliphatic rings. The van der Waals surface area contributed by atoms with Crippen molar-refractivity contribution in [3.63, 3.8) is 0 Å². The van der Waals surface area contributed by atoms with Gasteiger partial charge in [-0.05, 0) is 31.0 Å². The van der Waals surface area contributed by atoms with Crippen LogP contribution in [0.1, 0.15) is 11.3 Å². The summed E-state index contributed by atoms with van der Waals surface area (Å²) in [6.45, 7) is 1.92. The average Bonchev–Trinajstić information content (AvgIpc) is 2.78. The van der Waals surface area contributed by atoms with Crippen molar-refractivity contribution in [1.82, 2.24) is 9.71 Å². The van der Waals surface area contributed by atoms with Crippen molar-refractivity contribution in [2.45, 2.75) is 17.6 Å². The molecule has 21 heavy (non-hydrogen) atoms. The van der Waals surface area contributed by atoms with E-state index in [0.29, 0.717) is 18.7 Å². The minimum absolute atomic E-state index is 0.165. The van der Waals surface area contributed by atoms with Crippen LogP contribution in [0.3, 0.4) is 0 Å². The van der Waals surface area contributed by atoms with Crippen LogP contribution >= 0.6 is 22.9 Å². The van der Waals surface area contributed by atoms with E-state index in [-0.39, 0.29) is 8.68 Å². The standard InChI is InChI=1S/C13H15ClN2O3S2/c1-9-12(20-13(14)16-9)21(17,18)15-7-6-10-4-3-5-11(8-10)19-2/h3-5,8,15H,6-7H2,1-2H3. The Kier molecular flexibility index (Phi) is 5.21. The Labute approximate surface area is 133 Å². The van der Waals surface area contributed by atoms with E-state index in [0.717, 1.165) is 22.6 Å².